The summed E-state index contributed by atoms with van der Waals surface area (Å²) in [6, 6.07) is 19.6. The van der Waals surface area contributed by atoms with E-state index in [2.05, 4.69) is 0 Å². The fourth-order valence-corrected chi connectivity index (χ4v) is 3.41. The molecule has 3 rings (SSSR count). The van der Waals surface area contributed by atoms with Crippen LogP contribution < -0.4 is 14.2 Å². The van der Waals surface area contributed by atoms with Gasteiger partial charge in [0.25, 0.3) is 0 Å². The molecule has 7 heteroatoms. The van der Waals surface area contributed by atoms with Crippen LogP contribution in [0.5, 0.6) is 23.0 Å². The van der Waals surface area contributed by atoms with Crippen LogP contribution in [0, 0.1) is 5.41 Å². The van der Waals surface area contributed by atoms with E-state index in [9.17, 15) is 9.90 Å². The summed E-state index contributed by atoms with van der Waals surface area (Å²) in [5.74, 6) is 0.791. The Kier molecular flexibility index (Phi) is 8.91. The molecular formula is C27H29NO6. The molecule has 0 heterocycles. The van der Waals surface area contributed by atoms with Crippen LogP contribution in [0.3, 0.4) is 0 Å². The van der Waals surface area contributed by atoms with Crippen LogP contribution in [0.2, 0.25) is 0 Å². The fourth-order valence-electron chi connectivity index (χ4n) is 3.41. The van der Waals surface area contributed by atoms with Crippen molar-refractivity contribution in [3.8, 4) is 23.0 Å². The molecule has 0 saturated carbocycles. The van der Waals surface area contributed by atoms with Gasteiger partial charge in [-0.1, -0.05) is 43.7 Å². The topological polar surface area (TPSA) is 109 Å². The van der Waals surface area contributed by atoms with Crippen molar-refractivity contribution in [2.45, 2.75) is 26.2 Å². The summed E-state index contributed by atoms with van der Waals surface area (Å²) in [6.45, 7) is 2.48. The summed E-state index contributed by atoms with van der Waals surface area (Å²) in [7, 11) is 0. The van der Waals surface area contributed by atoms with E-state index in [1.165, 1.54) is 0 Å². The van der Waals surface area contributed by atoms with Crippen LogP contribution in [0.1, 0.15) is 36.5 Å². The number of rotatable bonds is 13. The predicted octanol–water partition coefficient (Wildman–Crippen LogP) is 5.07. The first-order valence-corrected chi connectivity index (χ1v) is 11.2. The zero-order chi connectivity index (χ0) is 24.3. The first-order chi connectivity index (χ1) is 16.5. The molecule has 34 heavy (non-hydrogen) atoms. The molecule has 0 amide bonds. The molecule has 0 aliphatic rings. The second-order valence-corrected chi connectivity index (χ2v) is 7.63. The number of phenols is 1. The largest absolute Gasteiger partial charge is 0.507 e. The lowest BCUT2D eigenvalue weighted by Crippen LogP contribution is -2.09. The molecule has 0 fully saturated rings. The number of hydrogen-bond donors (Lipinski definition) is 3. The van der Waals surface area contributed by atoms with E-state index in [1.807, 2.05) is 43.3 Å². The van der Waals surface area contributed by atoms with E-state index < -0.39 is 5.97 Å². The van der Waals surface area contributed by atoms with Crippen molar-refractivity contribution in [2.24, 2.45) is 0 Å². The number of carboxylic acid groups (broad SMARTS) is 1. The minimum atomic E-state index is -1.03. The summed E-state index contributed by atoms with van der Waals surface area (Å²) < 4.78 is 16.7. The van der Waals surface area contributed by atoms with Gasteiger partial charge >= 0.3 is 5.97 Å². The highest BCUT2D eigenvalue weighted by Gasteiger charge is 2.17. The van der Waals surface area contributed by atoms with E-state index >= 15 is 0 Å². The lowest BCUT2D eigenvalue weighted by molar-refractivity contribution is -0.139. The molecule has 0 aliphatic heterocycles. The summed E-state index contributed by atoms with van der Waals surface area (Å²) in [5, 5.41) is 28.0. The molecule has 0 aliphatic carbocycles. The molecular weight excluding hydrogens is 434 g/mol. The van der Waals surface area contributed by atoms with Gasteiger partial charge in [0.15, 0.2) is 6.61 Å². The number of hydrogen-bond acceptors (Lipinski definition) is 6. The summed E-state index contributed by atoms with van der Waals surface area (Å²) in [5.41, 5.74) is 2.21. The van der Waals surface area contributed by atoms with Gasteiger partial charge in [0.05, 0.1) is 18.9 Å². The van der Waals surface area contributed by atoms with Crippen molar-refractivity contribution in [3.05, 3.63) is 83.4 Å². The molecule has 0 radical (unpaired) electrons. The predicted molar refractivity (Wildman–Crippen MR) is 130 cm³/mol. The third-order valence-electron chi connectivity index (χ3n) is 5.07. The van der Waals surface area contributed by atoms with Gasteiger partial charge in [-0.2, -0.15) is 0 Å². The van der Waals surface area contributed by atoms with Gasteiger partial charge in [-0.25, -0.2) is 4.79 Å². The number of phenolic OH excluding ortho intramolecular Hbond substituents is 1. The summed E-state index contributed by atoms with van der Waals surface area (Å²) in [4.78, 5) is 10.5. The number of ether oxygens (including phenoxy) is 3. The van der Waals surface area contributed by atoms with E-state index in [-0.39, 0.29) is 18.1 Å². The number of benzene rings is 3. The highest BCUT2D eigenvalue weighted by Crippen LogP contribution is 2.34. The number of nitrogens with one attached hydrogen (secondary N) is 1. The Balaban J connectivity index is 1.54. The quantitative estimate of drug-likeness (QED) is 0.241. The third-order valence-corrected chi connectivity index (χ3v) is 5.07. The minimum absolute atomic E-state index is 0.0923. The van der Waals surface area contributed by atoms with Gasteiger partial charge < -0.3 is 24.4 Å². The Bertz CT molecular complexity index is 1100. The van der Waals surface area contributed by atoms with Gasteiger partial charge in [0.2, 0.25) is 0 Å². The average Bonchev–Trinajstić information content (AvgIpc) is 2.85. The second kappa shape index (κ2) is 12.3. The van der Waals surface area contributed by atoms with Gasteiger partial charge in [-0.3, -0.25) is 5.41 Å². The highest BCUT2D eigenvalue weighted by atomic mass is 16.5. The summed E-state index contributed by atoms with van der Waals surface area (Å²) >= 11 is 0. The SMILES string of the molecule is CCCc1c(OCCCOc2ccc(OCC(=O)O)cc2)ccc(C(=N)c2ccccc2)c1O. The molecule has 3 aromatic rings. The average molecular weight is 464 g/mol. The number of carboxylic acids is 1. The first kappa shape index (κ1) is 24.6. The van der Waals surface area contributed by atoms with Crippen LogP contribution in [0.15, 0.2) is 66.7 Å². The normalized spacial score (nSPS) is 10.5. The molecule has 178 valence electrons. The highest BCUT2D eigenvalue weighted by molar-refractivity contribution is 6.12. The van der Waals surface area contributed by atoms with Gasteiger partial charge in [-0.05, 0) is 42.8 Å². The Morgan fingerprint density at radius 2 is 1.53 bits per heavy atom. The van der Waals surface area contributed by atoms with Crippen molar-refractivity contribution >= 4 is 11.7 Å². The van der Waals surface area contributed by atoms with Crippen LogP contribution in [0.4, 0.5) is 0 Å². The standard InChI is InChI=1S/C27H29NO6/c1-2-7-22-24(15-14-23(27(22)31)26(28)19-8-4-3-5-9-19)33-17-6-16-32-20-10-12-21(13-11-20)34-18-25(29)30/h3-5,8-15,28,31H,2,6-7,16-18H2,1H3,(H,29,30). The van der Waals surface area contributed by atoms with Crippen LogP contribution >= 0.6 is 0 Å². The van der Waals surface area contributed by atoms with Crippen molar-refractivity contribution in [1.82, 2.24) is 0 Å². The molecule has 0 spiro atoms. The molecule has 0 aromatic heterocycles. The number of aromatic hydroxyl groups is 1. The number of carbonyl (C=O) groups is 1. The summed E-state index contributed by atoms with van der Waals surface area (Å²) in [6.07, 6.45) is 2.11. The lowest BCUT2D eigenvalue weighted by Gasteiger charge is -2.16. The number of aliphatic carboxylic acids is 1. The van der Waals surface area contributed by atoms with Gasteiger partial charge in [-0.15, -0.1) is 0 Å². The Morgan fingerprint density at radius 1 is 0.882 bits per heavy atom. The van der Waals surface area contributed by atoms with Crippen molar-refractivity contribution in [3.63, 3.8) is 0 Å². The zero-order valence-electron chi connectivity index (χ0n) is 19.1. The first-order valence-electron chi connectivity index (χ1n) is 11.2. The molecule has 0 bridgehead atoms. The van der Waals surface area contributed by atoms with Crippen LogP contribution in [-0.2, 0) is 11.2 Å². The molecule has 0 atom stereocenters. The zero-order valence-corrected chi connectivity index (χ0v) is 19.1. The van der Waals surface area contributed by atoms with Crippen LogP contribution in [-0.4, -0.2) is 41.7 Å². The fraction of sp³-hybridized carbons (Fsp3) is 0.259. The Labute approximate surface area is 199 Å². The third kappa shape index (κ3) is 6.75. The van der Waals surface area contributed by atoms with E-state index in [0.717, 1.165) is 12.0 Å². The lowest BCUT2D eigenvalue weighted by atomic mass is 9.97. The van der Waals surface area contributed by atoms with Crippen molar-refractivity contribution < 1.29 is 29.2 Å². The Morgan fingerprint density at radius 3 is 2.18 bits per heavy atom. The van der Waals surface area contributed by atoms with E-state index in [0.29, 0.717) is 54.4 Å². The molecule has 7 nitrogen and oxygen atoms in total. The van der Waals surface area contributed by atoms with E-state index in [1.54, 1.807) is 30.3 Å². The Hall–Kier alpha value is -4.00. The maximum atomic E-state index is 10.9. The molecule has 3 N–H and O–H groups in total. The van der Waals surface area contributed by atoms with Gasteiger partial charge in [0, 0.05) is 23.1 Å². The molecule has 0 unspecified atom stereocenters. The second-order valence-electron chi connectivity index (χ2n) is 7.63. The maximum Gasteiger partial charge on any atom is 0.341 e. The van der Waals surface area contributed by atoms with Crippen LogP contribution in [0.25, 0.3) is 0 Å². The minimum Gasteiger partial charge on any atom is -0.507 e. The van der Waals surface area contributed by atoms with Crippen molar-refractivity contribution in [2.75, 3.05) is 19.8 Å². The van der Waals surface area contributed by atoms with E-state index in [4.69, 9.17) is 24.7 Å². The molecule has 0 saturated heterocycles. The monoisotopic (exact) mass is 463 g/mol. The smallest absolute Gasteiger partial charge is 0.341 e. The maximum absolute atomic E-state index is 10.9. The van der Waals surface area contributed by atoms with Gasteiger partial charge in [0.1, 0.15) is 23.0 Å². The molecule has 3 aromatic carbocycles. The van der Waals surface area contributed by atoms with Crippen molar-refractivity contribution in [1.29, 1.82) is 5.41 Å².